The van der Waals surface area contributed by atoms with Gasteiger partial charge in [0.1, 0.15) is 0 Å². The molecule has 1 aromatic carbocycles. The molecule has 0 heterocycles. The van der Waals surface area contributed by atoms with Crippen LogP contribution in [-0.2, 0) is 4.79 Å². The van der Waals surface area contributed by atoms with Gasteiger partial charge < -0.3 is 11.1 Å². The molecule has 3 nitrogen and oxygen atoms in total. The van der Waals surface area contributed by atoms with Gasteiger partial charge in [-0.3, -0.25) is 4.79 Å². The summed E-state index contributed by atoms with van der Waals surface area (Å²) in [6.07, 6.45) is 6.05. The van der Waals surface area contributed by atoms with Crippen molar-refractivity contribution in [1.29, 1.82) is 0 Å². The normalized spacial score (nSPS) is 24.1. The fraction of sp³-hybridized carbons (Fsp3) is 0.588. The standard InChI is InChI=1S/C17H26N2O/c1-3-13-7-4-5-10-16(13)19-17(20)12(2)14-8-6-9-15(18)11-14/h6,8-9,11-13,16H,3-5,7,10,18H2,1-2H3,(H,19,20). The third-order valence-electron chi connectivity index (χ3n) is 4.57. The number of benzene rings is 1. The van der Waals surface area contributed by atoms with E-state index < -0.39 is 0 Å². The molecule has 1 fully saturated rings. The quantitative estimate of drug-likeness (QED) is 0.826. The monoisotopic (exact) mass is 274 g/mol. The molecule has 0 spiro atoms. The number of carbonyl (C=O) groups is 1. The third kappa shape index (κ3) is 3.53. The lowest BCUT2D eigenvalue weighted by molar-refractivity contribution is -0.123. The summed E-state index contributed by atoms with van der Waals surface area (Å²) in [5.41, 5.74) is 7.50. The molecule has 3 unspecified atom stereocenters. The minimum atomic E-state index is -0.141. The Morgan fingerprint density at radius 3 is 2.85 bits per heavy atom. The van der Waals surface area contributed by atoms with E-state index in [2.05, 4.69) is 12.2 Å². The number of nitrogen functional groups attached to an aromatic ring is 1. The molecule has 0 saturated heterocycles. The van der Waals surface area contributed by atoms with E-state index in [0.717, 1.165) is 18.4 Å². The van der Waals surface area contributed by atoms with Crippen LogP contribution in [0.5, 0.6) is 0 Å². The maximum Gasteiger partial charge on any atom is 0.227 e. The van der Waals surface area contributed by atoms with E-state index in [1.165, 1.54) is 19.3 Å². The Kier molecular flexibility index (Phi) is 5.05. The molecule has 0 radical (unpaired) electrons. The van der Waals surface area contributed by atoms with E-state index in [9.17, 15) is 4.79 Å². The zero-order valence-corrected chi connectivity index (χ0v) is 12.6. The lowest BCUT2D eigenvalue weighted by atomic mass is 9.82. The zero-order chi connectivity index (χ0) is 14.5. The fourth-order valence-electron chi connectivity index (χ4n) is 3.17. The summed E-state index contributed by atoms with van der Waals surface area (Å²) in [7, 11) is 0. The van der Waals surface area contributed by atoms with Gasteiger partial charge in [0.25, 0.3) is 0 Å². The molecule has 0 aromatic heterocycles. The van der Waals surface area contributed by atoms with E-state index >= 15 is 0 Å². The maximum atomic E-state index is 12.4. The van der Waals surface area contributed by atoms with E-state index in [1.807, 2.05) is 31.2 Å². The first-order chi connectivity index (χ1) is 9.61. The minimum absolute atomic E-state index is 0.126. The number of hydrogen-bond acceptors (Lipinski definition) is 2. The minimum Gasteiger partial charge on any atom is -0.399 e. The van der Waals surface area contributed by atoms with Gasteiger partial charge in [0, 0.05) is 11.7 Å². The number of carbonyl (C=O) groups excluding carboxylic acids is 1. The highest BCUT2D eigenvalue weighted by Gasteiger charge is 2.26. The smallest absolute Gasteiger partial charge is 0.227 e. The predicted molar refractivity (Wildman–Crippen MR) is 83.4 cm³/mol. The second kappa shape index (κ2) is 6.78. The average Bonchev–Trinajstić information content (AvgIpc) is 2.47. The van der Waals surface area contributed by atoms with Gasteiger partial charge in [0.2, 0.25) is 5.91 Å². The molecule has 0 aliphatic heterocycles. The number of amides is 1. The van der Waals surface area contributed by atoms with E-state index in [4.69, 9.17) is 5.73 Å². The Morgan fingerprint density at radius 2 is 2.15 bits per heavy atom. The van der Waals surface area contributed by atoms with E-state index in [0.29, 0.717) is 17.6 Å². The predicted octanol–water partition coefficient (Wildman–Crippen LogP) is 3.46. The summed E-state index contributed by atoms with van der Waals surface area (Å²) < 4.78 is 0. The van der Waals surface area contributed by atoms with Gasteiger partial charge in [-0.1, -0.05) is 38.3 Å². The Balaban J connectivity index is 2.00. The summed E-state index contributed by atoms with van der Waals surface area (Å²) in [5.74, 6) is 0.625. The highest BCUT2D eigenvalue weighted by atomic mass is 16.1. The van der Waals surface area contributed by atoms with Crippen molar-refractivity contribution in [2.75, 3.05) is 5.73 Å². The maximum absolute atomic E-state index is 12.4. The number of nitrogens with two attached hydrogens (primary N) is 1. The number of rotatable bonds is 4. The van der Waals surface area contributed by atoms with Gasteiger partial charge in [0.15, 0.2) is 0 Å². The van der Waals surface area contributed by atoms with Crippen molar-refractivity contribution in [3.8, 4) is 0 Å². The zero-order valence-electron chi connectivity index (χ0n) is 12.6. The topological polar surface area (TPSA) is 55.1 Å². The SMILES string of the molecule is CCC1CCCCC1NC(=O)C(C)c1cccc(N)c1. The molecule has 0 bridgehead atoms. The van der Waals surface area contributed by atoms with Crippen LogP contribution in [0.2, 0.25) is 0 Å². The molecule has 3 heteroatoms. The molecular formula is C17H26N2O. The van der Waals surface area contributed by atoms with Crippen LogP contribution in [0.25, 0.3) is 0 Å². The Hall–Kier alpha value is -1.51. The molecule has 3 atom stereocenters. The molecule has 1 aliphatic carbocycles. The van der Waals surface area contributed by atoms with Gasteiger partial charge in [-0.2, -0.15) is 0 Å². The summed E-state index contributed by atoms with van der Waals surface area (Å²) in [5, 5.41) is 3.26. The first-order valence-electron chi connectivity index (χ1n) is 7.77. The van der Waals surface area contributed by atoms with E-state index in [1.54, 1.807) is 0 Å². The molecule has 1 saturated carbocycles. The number of anilines is 1. The second-order valence-corrected chi connectivity index (χ2v) is 5.96. The number of nitrogens with one attached hydrogen (secondary N) is 1. The average molecular weight is 274 g/mol. The lowest BCUT2D eigenvalue weighted by Crippen LogP contribution is -2.43. The van der Waals surface area contributed by atoms with Crippen molar-refractivity contribution in [3.05, 3.63) is 29.8 Å². The van der Waals surface area contributed by atoms with Crippen LogP contribution in [0.1, 0.15) is 57.4 Å². The largest absolute Gasteiger partial charge is 0.399 e. The van der Waals surface area contributed by atoms with Crippen LogP contribution in [0.4, 0.5) is 5.69 Å². The van der Waals surface area contributed by atoms with Crippen LogP contribution in [0, 0.1) is 5.92 Å². The van der Waals surface area contributed by atoms with Crippen LogP contribution >= 0.6 is 0 Å². The highest BCUT2D eigenvalue weighted by molar-refractivity contribution is 5.83. The molecule has 1 amide bonds. The molecule has 1 aliphatic rings. The first-order valence-corrected chi connectivity index (χ1v) is 7.77. The molecule has 110 valence electrons. The Labute approximate surface area is 121 Å². The summed E-state index contributed by atoms with van der Waals surface area (Å²) in [6, 6.07) is 7.97. The van der Waals surface area contributed by atoms with Crippen molar-refractivity contribution < 1.29 is 4.79 Å². The van der Waals surface area contributed by atoms with Crippen molar-refractivity contribution in [3.63, 3.8) is 0 Å². The third-order valence-corrected chi connectivity index (χ3v) is 4.57. The summed E-state index contributed by atoms with van der Waals surface area (Å²) in [6.45, 7) is 4.17. The molecule has 3 N–H and O–H groups in total. The van der Waals surface area contributed by atoms with Crippen molar-refractivity contribution in [2.24, 2.45) is 5.92 Å². The molecule has 20 heavy (non-hydrogen) atoms. The van der Waals surface area contributed by atoms with Gasteiger partial charge in [-0.15, -0.1) is 0 Å². The fourth-order valence-corrected chi connectivity index (χ4v) is 3.17. The lowest BCUT2D eigenvalue weighted by Gasteiger charge is -2.32. The summed E-state index contributed by atoms with van der Waals surface area (Å²) in [4.78, 5) is 12.4. The van der Waals surface area contributed by atoms with Gasteiger partial charge in [0.05, 0.1) is 5.92 Å². The molecular weight excluding hydrogens is 248 g/mol. The highest BCUT2D eigenvalue weighted by Crippen LogP contribution is 2.27. The van der Waals surface area contributed by atoms with Crippen LogP contribution in [-0.4, -0.2) is 11.9 Å². The Morgan fingerprint density at radius 1 is 1.40 bits per heavy atom. The molecule has 1 aromatic rings. The van der Waals surface area contributed by atoms with Crippen molar-refractivity contribution in [1.82, 2.24) is 5.32 Å². The van der Waals surface area contributed by atoms with Gasteiger partial charge in [-0.05, 0) is 43.4 Å². The van der Waals surface area contributed by atoms with Gasteiger partial charge >= 0.3 is 0 Å². The second-order valence-electron chi connectivity index (χ2n) is 5.96. The van der Waals surface area contributed by atoms with Gasteiger partial charge in [-0.25, -0.2) is 0 Å². The number of hydrogen-bond donors (Lipinski definition) is 2. The van der Waals surface area contributed by atoms with Crippen LogP contribution in [0.15, 0.2) is 24.3 Å². The molecule has 2 rings (SSSR count). The van der Waals surface area contributed by atoms with Crippen molar-refractivity contribution in [2.45, 2.75) is 57.9 Å². The van der Waals surface area contributed by atoms with E-state index in [-0.39, 0.29) is 11.8 Å². The van der Waals surface area contributed by atoms with Crippen molar-refractivity contribution >= 4 is 11.6 Å². The Bertz CT molecular complexity index is 458. The van der Waals surface area contributed by atoms with Crippen LogP contribution < -0.4 is 11.1 Å². The first kappa shape index (κ1) is 14.9. The van der Waals surface area contributed by atoms with Crippen LogP contribution in [0.3, 0.4) is 0 Å². The summed E-state index contributed by atoms with van der Waals surface area (Å²) >= 11 is 0.